The van der Waals surface area contributed by atoms with Crippen molar-refractivity contribution in [2.24, 2.45) is 0 Å². The van der Waals surface area contributed by atoms with E-state index in [4.69, 9.17) is 4.74 Å². The Labute approximate surface area is 146 Å². The molecule has 0 aliphatic rings. The Morgan fingerprint density at radius 1 is 1.29 bits per heavy atom. The third-order valence-electron chi connectivity index (χ3n) is 3.07. The Morgan fingerprint density at radius 3 is 2.54 bits per heavy atom. The third kappa shape index (κ3) is 4.06. The fraction of sp³-hybridized carbons (Fsp3) is 0.0588. The monoisotopic (exact) mass is 388 g/mol. The Morgan fingerprint density at radius 2 is 1.96 bits per heavy atom. The van der Waals surface area contributed by atoms with Crippen molar-refractivity contribution in [1.82, 2.24) is 0 Å². The number of amides is 1. The van der Waals surface area contributed by atoms with Crippen LogP contribution in [0.2, 0.25) is 0 Å². The maximum Gasteiger partial charge on any atom is 0.266 e. The van der Waals surface area contributed by atoms with Crippen molar-refractivity contribution in [2.75, 3.05) is 12.4 Å². The van der Waals surface area contributed by atoms with Crippen molar-refractivity contribution in [3.8, 4) is 23.3 Å². The smallest absolute Gasteiger partial charge is 0.266 e. The molecule has 0 unspecified atom stereocenters. The highest BCUT2D eigenvalue weighted by atomic mass is 79.9. The zero-order valence-corrected chi connectivity index (χ0v) is 14.2. The highest BCUT2D eigenvalue weighted by Gasteiger charge is 2.12. The number of nitrogens with one attached hydrogen (secondary N) is 1. The Bertz CT molecular complexity index is 839. The average molecular weight is 389 g/mol. The van der Waals surface area contributed by atoms with Crippen molar-refractivity contribution in [3.63, 3.8) is 0 Å². The van der Waals surface area contributed by atoms with Crippen LogP contribution in [0.25, 0.3) is 6.08 Å². The van der Waals surface area contributed by atoms with E-state index in [1.165, 1.54) is 43.5 Å². The number of halogens is 1. The van der Waals surface area contributed by atoms with Crippen LogP contribution in [0.4, 0.5) is 5.69 Å². The molecule has 0 atom stereocenters. The van der Waals surface area contributed by atoms with E-state index in [0.717, 1.165) is 0 Å². The van der Waals surface area contributed by atoms with Gasteiger partial charge in [0.15, 0.2) is 11.5 Å². The topological polar surface area (TPSA) is 103 Å². The standard InChI is InChI=1S/C17H13BrN2O4/c1-24-15-8-10(7-14(18)16(15)22)6-11(9-19)17(23)20-12-2-4-13(21)5-3-12/h2-8,21-22H,1H3,(H,20,23)/b11-6-. The lowest BCUT2D eigenvalue weighted by Gasteiger charge is -2.07. The Hall–Kier alpha value is -2.98. The van der Waals surface area contributed by atoms with E-state index >= 15 is 0 Å². The normalized spacial score (nSPS) is 10.8. The molecule has 1 amide bonds. The molecule has 2 rings (SSSR count). The molecule has 3 N–H and O–H groups in total. The second kappa shape index (κ2) is 7.53. The molecular formula is C17H13BrN2O4. The van der Waals surface area contributed by atoms with Crippen LogP contribution in [-0.4, -0.2) is 23.2 Å². The summed E-state index contributed by atoms with van der Waals surface area (Å²) < 4.78 is 5.41. The number of rotatable bonds is 4. The lowest BCUT2D eigenvalue weighted by Crippen LogP contribution is -2.13. The van der Waals surface area contributed by atoms with Crippen LogP contribution in [0, 0.1) is 11.3 Å². The number of benzene rings is 2. The molecule has 0 bridgehead atoms. The summed E-state index contributed by atoms with van der Waals surface area (Å²) in [6, 6.07) is 10.8. The van der Waals surface area contributed by atoms with Crippen molar-refractivity contribution >= 4 is 33.6 Å². The van der Waals surface area contributed by atoms with Crippen LogP contribution in [0.5, 0.6) is 17.2 Å². The summed E-state index contributed by atoms with van der Waals surface area (Å²) in [5.41, 5.74) is 0.833. The molecule has 0 heterocycles. The van der Waals surface area contributed by atoms with Gasteiger partial charge < -0.3 is 20.3 Å². The maximum absolute atomic E-state index is 12.2. The van der Waals surface area contributed by atoms with E-state index < -0.39 is 5.91 Å². The molecular weight excluding hydrogens is 376 g/mol. The summed E-state index contributed by atoms with van der Waals surface area (Å²) in [6.07, 6.45) is 1.38. The van der Waals surface area contributed by atoms with Gasteiger partial charge in [0, 0.05) is 5.69 Å². The first-order valence-electron chi connectivity index (χ1n) is 6.73. The number of phenolic OH excluding ortho intramolecular Hbond substituents is 2. The van der Waals surface area contributed by atoms with Crippen LogP contribution in [0.15, 0.2) is 46.4 Å². The molecule has 122 valence electrons. The molecule has 0 aliphatic carbocycles. The summed E-state index contributed by atoms with van der Waals surface area (Å²) in [6.45, 7) is 0. The van der Waals surface area contributed by atoms with Crippen LogP contribution in [0.3, 0.4) is 0 Å². The minimum Gasteiger partial charge on any atom is -0.508 e. The number of hydrogen-bond acceptors (Lipinski definition) is 5. The van der Waals surface area contributed by atoms with Crippen molar-refractivity contribution in [1.29, 1.82) is 5.26 Å². The number of carbonyl (C=O) groups is 1. The molecule has 0 aromatic heterocycles. The molecule has 0 fully saturated rings. The van der Waals surface area contributed by atoms with E-state index in [1.807, 2.05) is 6.07 Å². The minimum atomic E-state index is -0.591. The number of hydrogen-bond donors (Lipinski definition) is 3. The molecule has 7 heteroatoms. The van der Waals surface area contributed by atoms with Crippen molar-refractivity contribution < 1.29 is 19.7 Å². The molecule has 0 radical (unpaired) electrons. The van der Waals surface area contributed by atoms with Crippen LogP contribution < -0.4 is 10.1 Å². The van der Waals surface area contributed by atoms with Gasteiger partial charge in [0.2, 0.25) is 0 Å². The molecule has 2 aromatic carbocycles. The average Bonchev–Trinajstić information content (AvgIpc) is 2.57. The van der Waals surface area contributed by atoms with E-state index in [9.17, 15) is 20.3 Å². The molecule has 0 saturated carbocycles. The predicted molar refractivity (Wildman–Crippen MR) is 92.7 cm³/mol. The number of ether oxygens (including phenoxy) is 1. The highest BCUT2D eigenvalue weighted by molar-refractivity contribution is 9.10. The first kappa shape index (κ1) is 17.4. The largest absolute Gasteiger partial charge is 0.508 e. The van der Waals surface area contributed by atoms with E-state index in [2.05, 4.69) is 21.2 Å². The number of anilines is 1. The van der Waals surface area contributed by atoms with Gasteiger partial charge in [-0.15, -0.1) is 0 Å². The maximum atomic E-state index is 12.2. The molecule has 0 spiro atoms. The summed E-state index contributed by atoms with van der Waals surface area (Å²) in [4.78, 5) is 12.2. The van der Waals surface area contributed by atoms with E-state index in [1.54, 1.807) is 6.07 Å². The van der Waals surface area contributed by atoms with Gasteiger partial charge in [-0.3, -0.25) is 4.79 Å². The second-order valence-electron chi connectivity index (χ2n) is 4.72. The number of carbonyl (C=O) groups excluding carboxylic acids is 1. The molecule has 2 aromatic rings. The number of nitrogens with zero attached hydrogens (tertiary/aromatic N) is 1. The van der Waals surface area contributed by atoms with E-state index in [-0.39, 0.29) is 22.8 Å². The van der Waals surface area contributed by atoms with Crippen molar-refractivity contribution in [2.45, 2.75) is 0 Å². The van der Waals surface area contributed by atoms with Crippen LogP contribution in [0.1, 0.15) is 5.56 Å². The summed E-state index contributed by atoms with van der Waals surface area (Å²) in [7, 11) is 1.40. The van der Waals surface area contributed by atoms with Crippen molar-refractivity contribution in [3.05, 3.63) is 52.0 Å². The fourth-order valence-electron chi connectivity index (χ4n) is 1.89. The van der Waals surface area contributed by atoms with Gasteiger partial charge in [-0.25, -0.2) is 0 Å². The Balaban J connectivity index is 2.29. The lowest BCUT2D eigenvalue weighted by molar-refractivity contribution is -0.112. The first-order valence-corrected chi connectivity index (χ1v) is 7.52. The van der Waals surface area contributed by atoms with Gasteiger partial charge in [0.05, 0.1) is 11.6 Å². The number of phenols is 2. The SMILES string of the molecule is COc1cc(/C=C(/C#N)C(=O)Nc2ccc(O)cc2)cc(Br)c1O. The highest BCUT2D eigenvalue weighted by Crippen LogP contribution is 2.35. The summed E-state index contributed by atoms with van der Waals surface area (Å²) >= 11 is 3.18. The lowest BCUT2D eigenvalue weighted by atomic mass is 10.1. The first-order chi connectivity index (χ1) is 11.4. The minimum absolute atomic E-state index is 0.0679. The van der Waals surface area contributed by atoms with Gasteiger partial charge in [-0.2, -0.15) is 5.26 Å². The van der Waals surface area contributed by atoms with Gasteiger partial charge in [0.1, 0.15) is 17.4 Å². The number of aromatic hydroxyl groups is 2. The zero-order valence-electron chi connectivity index (χ0n) is 12.6. The fourth-order valence-corrected chi connectivity index (χ4v) is 2.35. The second-order valence-corrected chi connectivity index (χ2v) is 5.58. The molecule has 0 aliphatic heterocycles. The predicted octanol–water partition coefficient (Wildman–Crippen LogP) is 3.41. The van der Waals surface area contributed by atoms with Gasteiger partial charge in [0.25, 0.3) is 5.91 Å². The Kier molecular flexibility index (Phi) is 5.45. The molecule has 24 heavy (non-hydrogen) atoms. The van der Waals surface area contributed by atoms with Gasteiger partial charge in [-0.05, 0) is 64.0 Å². The molecule has 0 saturated heterocycles. The number of methoxy groups -OCH3 is 1. The quantitative estimate of drug-likeness (QED) is 0.423. The summed E-state index contributed by atoms with van der Waals surface area (Å²) in [5, 5.41) is 30.8. The summed E-state index contributed by atoms with van der Waals surface area (Å²) in [5.74, 6) is -0.370. The van der Waals surface area contributed by atoms with Crippen LogP contribution >= 0.6 is 15.9 Å². The molecule has 6 nitrogen and oxygen atoms in total. The van der Waals surface area contributed by atoms with Crippen LogP contribution in [-0.2, 0) is 4.79 Å². The van der Waals surface area contributed by atoms with Gasteiger partial charge in [-0.1, -0.05) is 0 Å². The van der Waals surface area contributed by atoms with E-state index in [0.29, 0.717) is 15.7 Å². The van der Waals surface area contributed by atoms with Gasteiger partial charge >= 0.3 is 0 Å². The number of nitriles is 1. The zero-order chi connectivity index (χ0) is 17.7. The third-order valence-corrected chi connectivity index (χ3v) is 3.68.